The Bertz CT molecular complexity index is 1340. The van der Waals surface area contributed by atoms with Gasteiger partial charge in [0.1, 0.15) is 22.5 Å². The molecule has 32 heavy (non-hydrogen) atoms. The summed E-state index contributed by atoms with van der Waals surface area (Å²) in [5.41, 5.74) is 2.65. The molecule has 2 aromatic carbocycles. The molecular formula is C24H18N4O3S. The minimum Gasteiger partial charge on any atom is -0.325 e. The number of carbonyl (C=O) groups is 3. The summed E-state index contributed by atoms with van der Waals surface area (Å²) in [5.74, 6) is -0.257. The highest BCUT2D eigenvalue weighted by molar-refractivity contribution is 8.00. The lowest BCUT2D eigenvalue weighted by Gasteiger charge is -2.19. The first kappa shape index (κ1) is 21.4. The van der Waals surface area contributed by atoms with Gasteiger partial charge in [0.05, 0.1) is 10.9 Å². The molecule has 1 aromatic heterocycles. The molecule has 0 bridgehead atoms. The highest BCUT2D eigenvalue weighted by Gasteiger charge is 2.29. The van der Waals surface area contributed by atoms with E-state index in [2.05, 4.69) is 21.4 Å². The smallest absolute Gasteiger partial charge is 0.237 e. The normalized spacial score (nSPS) is 13.1. The van der Waals surface area contributed by atoms with Crippen LogP contribution in [0, 0.1) is 25.2 Å². The molecule has 4 rings (SSSR count). The Hall–Kier alpha value is -3.83. The number of ketones is 2. The van der Waals surface area contributed by atoms with Crippen molar-refractivity contribution in [3.8, 4) is 6.07 Å². The maximum Gasteiger partial charge on any atom is 0.237 e. The monoisotopic (exact) mass is 442 g/mol. The van der Waals surface area contributed by atoms with E-state index >= 15 is 0 Å². The predicted molar refractivity (Wildman–Crippen MR) is 120 cm³/mol. The summed E-state index contributed by atoms with van der Waals surface area (Å²) in [4.78, 5) is 46.9. The third-order valence-electron chi connectivity index (χ3n) is 5.13. The van der Waals surface area contributed by atoms with Gasteiger partial charge in [0.25, 0.3) is 0 Å². The number of benzene rings is 2. The molecule has 1 N–H and O–H groups in total. The van der Waals surface area contributed by atoms with E-state index in [1.165, 1.54) is 6.07 Å². The number of aromatic nitrogens is 2. The minimum absolute atomic E-state index is 0.212. The summed E-state index contributed by atoms with van der Waals surface area (Å²) in [7, 11) is 0. The van der Waals surface area contributed by atoms with Crippen molar-refractivity contribution in [3.63, 3.8) is 0 Å². The van der Waals surface area contributed by atoms with Crippen molar-refractivity contribution in [1.82, 2.24) is 9.97 Å². The number of hydrogen-bond acceptors (Lipinski definition) is 7. The van der Waals surface area contributed by atoms with E-state index in [4.69, 9.17) is 0 Å². The van der Waals surface area contributed by atoms with Gasteiger partial charge >= 0.3 is 0 Å². The summed E-state index contributed by atoms with van der Waals surface area (Å²) >= 11 is 1.16. The van der Waals surface area contributed by atoms with Gasteiger partial charge < -0.3 is 5.32 Å². The van der Waals surface area contributed by atoms with Gasteiger partial charge in [-0.15, -0.1) is 0 Å². The second-order valence-corrected chi connectivity index (χ2v) is 8.69. The van der Waals surface area contributed by atoms with E-state index < -0.39 is 5.25 Å². The summed E-state index contributed by atoms with van der Waals surface area (Å²) in [6.07, 6.45) is 0. The zero-order valence-electron chi connectivity index (χ0n) is 17.6. The molecule has 158 valence electrons. The Kier molecular flexibility index (Phi) is 5.59. The summed E-state index contributed by atoms with van der Waals surface area (Å²) in [6.45, 7) is 5.16. The molecule has 0 aliphatic heterocycles. The van der Waals surface area contributed by atoms with Crippen molar-refractivity contribution in [3.05, 3.63) is 81.8 Å². The van der Waals surface area contributed by atoms with E-state index in [0.717, 1.165) is 11.8 Å². The Morgan fingerprint density at radius 2 is 1.62 bits per heavy atom. The van der Waals surface area contributed by atoms with Gasteiger partial charge in [0.15, 0.2) is 11.6 Å². The van der Waals surface area contributed by atoms with Gasteiger partial charge in [0.2, 0.25) is 5.91 Å². The molecule has 0 fully saturated rings. The Labute approximate surface area is 188 Å². The van der Waals surface area contributed by atoms with E-state index in [1.54, 1.807) is 57.2 Å². The molecule has 8 heteroatoms. The van der Waals surface area contributed by atoms with Crippen LogP contribution in [-0.4, -0.2) is 32.7 Å². The van der Waals surface area contributed by atoms with Gasteiger partial charge in [-0.1, -0.05) is 36.0 Å². The van der Waals surface area contributed by atoms with Crippen LogP contribution in [-0.2, 0) is 4.79 Å². The largest absolute Gasteiger partial charge is 0.325 e. The molecule has 7 nitrogen and oxygen atoms in total. The average molecular weight is 443 g/mol. The van der Waals surface area contributed by atoms with Crippen LogP contribution in [0.4, 0.5) is 5.69 Å². The minimum atomic E-state index is -0.565. The second-order valence-electron chi connectivity index (χ2n) is 7.36. The number of hydrogen-bond donors (Lipinski definition) is 1. The van der Waals surface area contributed by atoms with Crippen molar-refractivity contribution in [2.45, 2.75) is 31.0 Å². The van der Waals surface area contributed by atoms with Crippen molar-refractivity contribution in [2.75, 3.05) is 5.32 Å². The number of nitriles is 1. The topological polar surface area (TPSA) is 113 Å². The van der Waals surface area contributed by atoms with E-state index in [9.17, 15) is 19.6 Å². The van der Waals surface area contributed by atoms with Crippen molar-refractivity contribution >= 4 is 34.9 Å². The third kappa shape index (κ3) is 3.79. The predicted octanol–water partition coefficient (Wildman–Crippen LogP) is 3.86. The highest BCUT2D eigenvalue weighted by Crippen LogP contribution is 2.30. The summed E-state index contributed by atoms with van der Waals surface area (Å²) in [5, 5.41) is 12.1. The SMILES string of the molecule is Cc1nc(C)c(C#N)c(SC(C)C(=O)Nc2ccc3c(c2)C(=O)c2ccccc2C3=O)n1. The molecule has 0 spiro atoms. The maximum absolute atomic E-state index is 12.9. The van der Waals surface area contributed by atoms with Gasteiger partial charge in [0, 0.05) is 27.9 Å². The first-order chi connectivity index (χ1) is 15.3. The zero-order valence-corrected chi connectivity index (χ0v) is 18.4. The molecule has 1 amide bonds. The van der Waals surface area contributed by atoms with Crippen LogP contribution in [0.5, 0.6) is 0 Å². The Balaban J connectivity index is 1.56. The van der Waals surface area contributed by atoms with Crippen LogP contribution in [0.25, 0.3) is 0 Å². The van der Waals surface area contributed by atoms with Crippen molar-refractivity contribution in [1.29, 1.82) is 5.26 Å². The van der Waals surface area contributed by atoms with Gasteiger partial charge in [-0.05, 0) is 39.0 Å². The Morgan fingerprint density at radius 3 is 2.28 bits per heavy atom. The zero-order chi connectivity index (χ0) is 23.0. The lowest BCUT2D eigenvalue weighted by molar-refractivity contribution is -0.115. The van der Waals surface area contributed by atoms with E-state index in [-0.39, 0.29) is 23.0 Å². The second kappa shape index (κ2) is 8.36. The van der Waals surface area contributed by atoms with E-state index in [0.29, 0.717) is 44.5 Å². The number of nitrogens with one attached hydrogen (secondary N) is 1. The molecule has 1 aliphatic rings. The van der Waals surface area contributed by atoms with Gasteiger partial charge in [-0.25, -0.2) is 9.97 Å². The standard InChI is InChI=1S/C24H18N4O3S/c1-12-20(11-25)24(27-14(3)26-12)32-13(2)23(31)28-15-8-9-18-19(10-15)22(30)17-7-5-4-6-16(17)21(18)29/h4-10,13H,1-3H3,(H,28,31). The molecule has 3 aromatic rings. The number of carbonyl (C=O) groups excluding carboxylic acids is 3. The van der Waals surface area contributed by atoms with Crippen LogP contribution in [0.2, 0.25) is 0 Å². The lowest BCUT2D eigenvalue weighted by Crippen LogP contribution is -2.24. The lowest BCUT2D eigenvalue weighted by atomic mass is 9.84. The van der Waals surface area contributed by atoms with Crippen LogP contribution in [0.3, 0.4) is 0 Å². The molecule has 1 aliphatic carbocycles. The molecule has 0 radical (unpaired) electrons. The molecule has 1 unspecified atom stereocenters. The van der Waals surface area contributed by atoms with E-state index in [1.807, 2.05) is 0 Å². The maximum atomic E-state index is 12.9. The number of anilines is 1. The number of aryl methyl sites for hydroxylation is 2. The molecule has 0 saturated carbocycles. The molecule has 1 heterocycles. The fourth-order valence-corrected chi connectivity index (χ4v) is 4.53. The van der Waals surface area contributed by atoms with Crippen molar-refractivity contribution < 1.29 is 14.4 Å². The van der Waals surface area contributed by atoms with Crippen LogP contribution >= 0.6 is 11.8 Å². The fourth-order valence-electron chi connectivity index (χ4n) is 3.54. The quantitative estimate of drug-likeness (QED) is 0.377. The number of rotatable bonds is 4. The number of nitrogens with zero attached hydrogens (tertiary/aromatic N) is 3. The highest BCUT2D eigenvalue weighted by atomic mass is 32.2. The summed E-state index contributed by atoms with van der Waals surface area (Å²) in [6, 6.07) is 13.5. The number of fused-ring (bicyclic) bond motifs is 2. The van der Waals surface area contributed by atoms with Gasteiger partial charge in [-0.3, -0.25) is 14.4 Å². The first-order valence-electron chi connectivity index (χ1n) is 9.85. The van der Waals surface area contributed by atoms with Crippen LogP contribution in [0.1, 0.15) is 55.8 Å². The fraction of sp³-hybridized carbons (Fsp3) is 0.167. The number of thioether (sulfide) groups is 1. The van der Waals surface area contributed by atoms with Crippen molar-refractivity contribution in [2.24, 2.45) is 0 Å². The van der Waals surface area contributed by atoms with Crippen LogP contribution in [0.15, 0.2) is 47.5 Å². The first-order valence-corrected chi connectivity index (χ1v) is 10.7. The summed E-state index contributed by atoms with van der Waals surface area (Å²) < 4.78 is 0. The molecule has 1 atom stereocenters. The van der Waals surface area contributed by atoms with Gasteiger partial charge in [-0.2, -0.15) is 5.26 Å². The third-order valence-corrected chi connectivity index (χ3v) is 6.22. The average Bonchev–Trinajstić information content (AvgIpc) is 2.77. The Morgan fingerprint density at radius 1 is 1.00 bits per heavy atom. The van der Waals surface area contributed by atoms with Crippen LogP contribution < -0.4 is 5.32 Å². The molecule has 0 saturated heterocycles. The number of amides is 1. The molecular weight excluding hydrogens is 424 g/mol.